The lowest BCUT2D eigenvalue weighted by molar-refractivity contribution is 0.0862. The highest BCUT2D eigenvalue weighted by molar-refractivity contribution is 6.31. The Kier molecular flexibility index (Phi) is 6.66. The van der Waals surface area contributed by atoms with Gasteiger partial charge >= 0.3 is 11.8 Å². The molecule has 2 amide bonds. The van der Waals surface area contributed by atoms with Crippen LogP contribution in [-0.4, -0.2) is 39.0 Å². The van der Waals surface area contributed by atoms with Crippen LogP contribution in [0.25, 0.3) is 22.3 Å². The molecule has 10 heteroatoms. The van der Waals surface area contributed by atoms with Crippen LogP contribution in [0.3, 0.4) is 0 Å². The molecule has 1 saturated carbocycles. The van der Waals surface area contributed by atoms with Crippen LogP contribution in [0, 0.1) is 0 Å². The minimum Gasteiger partial charge on any atom is -0.348 e. The molecule has 0 bridgehead atoms. The van der Waals surface area contributed by atoms with Crippen LogP contribution in [0.5, 0.6) is 0 Å². The number of pyridine rings is 1. The lowest BCUT2D eigenvalue weighted by atomic mass is 9.91. The summed E-state index contributed by atoms with van der Waals surface area (Å²) < 4.78 is 5.13. The molecule has 1 aliphatic carbocycles. The monoisotopic (exact) mass is 509 g/mol. The molecule has 0 aliphatic heterocycles. The van der Waals surface area contributed by atoms with Gasteiger partial charge in [0.15, 0.2) is 0 Å². The van der Waals surface area contributed by atoms with Gasteiger partial charge in [-0.3, -0.25) is 9.59 Å². The molecule has 0 unspecified atom stereocenters. The van der Waals surface area contributed by atoms with Crippen molar-refractivity contribution in [3.05, 3.63) is 76.2 Å². The van der Waals surface area contributed by atoms with Gasteiger partial charge in [-0.1, -0.05) is 34.4 Å². The van der Waals surface area contributed by atoms with Crippen LogP contribution in [0.1, 0.15) is 46.9 Å². The largest absolute Gasteiger partial charge is 0.348 e. The zero-order valence-electron chi connectivity index (χ0n) is 18.5. The number of aromatic nitrogens is 3. The minimum absolute atomic E-state index is 0.0123. The third kappa shape index (κ3) is 5.44. The summed E-state index contributed by atoms with van der Waals surface area (Å²) in [5, 5.41) is 12.0. The molecule has 2 N–H and O–H groups in total. The van der Waals surface area contributed by atoms with E-state index in [1.807, 2.05) is 12.1 Å². The third-order valence-corrected chi connectivity index (χ3v) is 6.49. The third-order valence-electron chi connectivity index (χ3n) is 6.00. The van der Waals surface area contributed by atoms with Crippen molar-refractivity contribution in [2.24, 2.45) is 0 Å². The first-order valence-corrected chi connectivity index (χ1v) is 12.0. The van der Waals surface area contributed by atoms with Crippen LogP contribution < -0.4 is 10.6 Å². The number of rotatable bonds is 5. The van der Waals surface area contributed by atoms with Gasteiger partial charge in [-0.05, 0) is 74.2 Å². The second-order valence-corrected chi connectivity index (χ2v) is 9.33. The summed E-state index contributed by atoms with van der Waals surface area (Å²) in [6.45, 7) is 0. The molecule has 2 aromatic carbocycles. The van der Waals surface area contributed by atoms with Crippen molar-refractivity contribution >= 4 is 45.9 Å². The van der Waals surface area contributed by atoms with Gasteiger partial charge in [-0.15, -0.1) is 0 Å². The number of fused-ring (bicyclic) bond motifs is 1. The number of benzene rings is 2. The molecule has 1 fully saturated rings. The summed E-state index contributed by atoms with van der Waals surface area (Å²) in [4.78, 5) is 33.9. The van der Waals surface area contributed by atoms with Crippen LogP contribution >= 0.6 is 23.2 Å². The first-order valence-electron chi connectivity index (χ1n) is 11.2. The first-order chi connectivity index (χ1) is 16.9. The Morgan fingerprint density at radius 2 is 1.46 bits per heavy atom. The van der Waals surface area contributed by atoms with Crippen molar-refractivity contribution in [1.29, 1.82) is 0 Å². The van der Waals surface area contributed by atoms with Gasteiger partial charge in [-0.2, -0.15) is 4.98 Å². The summed E-state index contributed by atoms with van der Waals surface area (Å²) in [5.74, 6) is -0.390. The minimum atomic E-state index is -0.411. The fraction of sp³-hybridized carbons (Fsp3) is 0.240. The van der Waals surface area contributed by atoms with Crippen LogP contribution in [-0.2, 0) is 0 Å². The SMILES string of the molecule is O=C(NC1CCC(NC(=O)c2nc(-c3ccc(Cl)cc3)no2)CC1)c1ccc2cc(Cl)ccc2n1. The Labute approximate surface area is 211 Å². The summed E-state index contributed by atoms with van der Waals surface area (Å²) >= 11 is 11.9. The molecule has 0 radical (unpaired) electrons. The molecule has 35 heavy (non-hydrogen) atoms. The Morgan fingerprint density at radius 1 is 0.800 bits per heavy atom. The van der Waals surface area contributed by atoms with E-state index in [0.29, 0.717) is 32.6 Å². The van der Waals surface area contributed by atoms with Crippen LogP contribution in [0.15, 0.2) is 59.1 Å². The van der Waals surface area contributed by atoms with Crippen LogP contribution in [0.4, 0.5) is 0 Å². The van der Waals surface area contributed by atoms with E-state index in [-0.39, 0.29) is 23.9 Å². The van der Waals surface area contributed by atoms with E-state index in [2.05, 4.69) is 25.8 Å². The lowest BCUT2D eigenvalue weighted by Gasteiger charge is -2.29. The van der Waals surface area contributed by atoms with Gasteiger partial charge in [0.25, 0.3) is 5.91 Å². The van der Waals surface area contributed by atoms with E-state index in [1.165, 1.54) is 0 Å². The molecular formula is C25H21Cl2N5O3. The zero-order valence-corrected chi connectivity index (χ0v) is 20.0. The first kappa shape index (κ1) is 23.3. The summed E-state index contributed by atoms with van der Waals surface area (Å²) in [6.07, 6.45) is 2.91. The number of hydrogen-bond donors (Lipinski definition) is 2. The van der Waals surface area contributed by atoms with E-state index in [1.54, 1.807) is 42.5 Å². The predicted molar refractivity (Wildman–Crippen MR) is 132 cm³/mol. The molecule has 178 valence electrons. The molecule has 8 nitrogen and oxygen atoms in total. The van der Waals surface area contributed by atoms with Crippen molar-refractivity contribution in [3.63, 3.8) is 0 Å². The predicted octanol–water partition coefficient (Wildman–Crippen LogP) is 5.06. The quantitative estimate of drug-likeness (QED) is 0.388. The highest BCUT2D eigenvalue weighted by Gasteiger charge is 2.26. The van der Waals surface area contributed by atoms with Gasteiger partial charge in [0.1, 0.15) is 5.69 Å². The Hall–Kier alpha value is -3.49. The van der Waals surface area contributed by atoms with E-state index >= 15 is 0 Å². The lowest BCUT2D eigenvalue weighted by Crippen LogP contribution is -2.44. The number of hydrogen-bond acceptors (Lipinski definition) is 6. The summed E-state index contributed by atoms with van der Waals surface area (Å²) in [5.41, 5.74) is 1.79. The van der Waals surface area contributed by atoms with Crippen molar-refractivity contribution in [3.8, 4) is 11.4 Å². The van der Waals surface area contributed by atoms with E-state index in [9.17, 15) is 9.59 Å². The summed E-state index contributed by atoms with van der Waals surface area (Å²) in [6, 6.07) is 15.8. The molecule has 0 saturated heterocycles. The molecule has 2 aromatic heterocycles. The molecule has 2 heterocycles. The molecule has 0 spiro atoms. The fourth-order valence-corrected chi connectivity index (χ4v) is 4.45. The number of nitrogens with one attached hydrogen (secondary N) is 2. The Morgan fingerprint density at radius 3 is 2.17 bits per heavy atom. The Bertz CT molecular complexity index is 1380. The number of carbonyl (C=O) groups is 2. The average Bonchev–Trinajstić information content (AvgIpc) is 3.36. The van der Waals surface area contributed by atoms with Crippen LogP contribution in [0.2, 0.25) is 10.0 Å². The van der Waals surface area contributed by atoms with Gasteiger partial charge in [-0.25, -0.2) is 4.98 Å². The maximum absolute atomic E-state index is 12.7. The van der Waals surface area contributed by atoms with Gasteiger partial charge in [0.05, 0.1) is 5.52 Å². The highest BCUT2D eigenvalue weighted by atomic mass is 35.5. The molecule has 0 atom stereocenters. The standard InChI is InChI=1S/C25H21Cl2N5O3/c26-16-4-1-14(2-5-16)22-31-25(35-32-22)24(34)29-19-9-7-18(8-10-19)28-23(33)21-11-3-15-13-17(27)6-12-20(15)30-21/h1-6,11-13,18-19H,7-10H2,(H,28,33)(H,29,34). The number of nitrogens with zero attached hydrogens (tertiary/aromatic N) is 3. The van der Waals surface area contributed by atoms with Gasteiger partial charge < -0.3 is 15.2 Å². The number of amides is 2. The second kappa shape index (κ2) is 10.0. The smallest absolute Gasteiger partial charge is 0.316 e. The molecule has 4 aromatic rings. The van der Waals surface area contributed by atoms with E-state index < -0.39 is 5.91 Å². The van der Waals surface area contributed by atoms with E-state index in [0.717, 1.165) is 31.1 Å². The van der Waals surface area contributed by atoms with Crippen molar-refractivity contribution in [2.75, 3.05) is 0 Å². The van der Waals surface area contributed by atoms with E-state index in [4.69, 9.17) is 27.7 Å². The topological polar surface area (TPSA) is 110 Å². The molecular weight excluding hydrogens is 489 g/mol. The highest BCUT2D eigenvalue weighted by Crippen LogP contribution is 2.22. The Balaban J connectivity index is 1.13. The average molecular weight is 510 g/mol. The van der Waals surface area contributed by atoms with Crippen molar-refractivity contribution in [2.45, 2.75) is 37.8 Å². The molecule has 5 rings (SSSR count). The fourth-order valence-electron chi connectivity index (χ4n) is 4.14. The second-order valence-electron chi connectivity index (χ2n) is 8.46. The number of halogens is 2. The maximum Gasteiger partial charge on any atom is 0.316 e. The summed E-state index contributed by atoms with van der Waals surface area (Å²) in [7, 11) is 0. The zero-order chi connectivity index (χ0) is 24.4. The van der Waals surface area contributed by atoms with Gasteiger partial charge in [0, 0.05) is 33.1 Å². The van der Waals surface area contributed by atoms with Gasteiger partial charge in [0.2, 0.25) is 5.82 Å². The maximum atomic E-state index is 12.7. The van der Waals surface area contributed by atoms with Crippen molar-refractivity contribution < 1.29 is 14.1 Å². The van der Waals surface area contributed by atoms with Crippen molar-refractivity contribution in [1.82, 2.24) is 25.8 Å². The number of carbonyl (C=O) groups excluding carboxylic acids is 2. The normalized spacial score (nSPS) is 17.8. The molecule has 1 aliphatic rings.